The molecule has 2 rings (SSSR count). The third-order valence-corrected chi connectivity index (χ3v) is 4.21. The third-order valence-electron chi connectivity index (χ3n) is 4.21. The molecule has 1 atom stereocenters. The Labute approximate surface area is 118 Å². The maximum Gasteiger partial charge on any atom is -0.00199 e. The third kappa shape index (κ3) is 4.35. The van der Waals surface area contributed by atoms with Crippen LogP contribution in [0.5, 0.6) is 0 Å². The van der Waals surface area contributed by atoms with Crippen LogP contribution in [-0.2, 0) is 6.42 Å². The molecule has 0 amide bonds. The Bertz CT molecular complexity index is 379. The van der Waals surface area contributed by atoms with Gasteiger partial charge in [0.05, 0.1) is 0 Å². The van der Waals surface area contributed by atoms with Crippen LogP contribution in [0.15, 0.2) is 24.3 Å². The fourth-order valence-corrected chi connectivity index (χ4v) is 2.90. The monoisotopic (exact) mass is 259 g/mol. The first-order chi connectivity index (χ1) is 9.16. The lowest BCUT2D eigenvalue weighted by atomic mass is 9.77. The molecule has 1 heteroatoms. The van der Waals surface area contributed by atoms with Crippen LogP contribution in [0.3, 0.4) is 0 Å². The number of hydrogen-bond acceptors (Lipinski definition) is 1. The SMILES string of the molecule is CC(C)CNCC(C)Cc1ccccc1C1CCC1. The van der Waals surface area contributed by atoms with Crippen molar-refractivity contribution in [2.75, 3.05) is 13.1 Å². The van der Waals surface area contributed by atoms with Gasteiger partial charge < -0.3 is 5.32 Å². The first-order valence-corrected chi connectivity index (χ1v) is 7.95. The molecule has 1 fully saturated rings. The first kappa shape index (κ1) is 14.6. The molecule has 0 heterocycles. The fraction of sp³-hybridized carbons (Fsp3) is 0.667. The van der Waals surface area contributed by atoms with Crippen LogP contribution in [0.1, 0.15) is 57.1 Å². The molecule has 1 nitrogen and oxygen atoms in total. The van der Waals surface area contributed by atoms with Gasteiger partial charge in [-0.2, -0.15) is 0 Å². The lowest BCUT2D eigenvalue weighted by Crippen LogP contribution is -2.26. The largest absolute Gasteiger partial charge is 0.316 e. The van der Waals surface area contributed by atoms with Crippen molar-refractivity contribution >= 4 is 0 Å². The summed E-state index contributed by atoms with van der Waals surface area (Å²) in [6, 6.07) is 9.10. The number of rotatable bonds is 7. The van der Waals surface area contributed by atoms with Crippen molar-refractivity contribution in [1.82, 2.24) is 5.32 Å². The van der Waals surface area contributed by atoms with E-state index in [0.717, 1.165) is 30.8 Å². The molecular weight excluding hydrogens is 230 g/mol. The van der Waals surface area contributed by atoms with Gasteiger partial charge in [0.2, 0.25) is 0 Å². The Morgan fingerprint density at radius 2 is 1.84 bits per heavy atom. The van der Waals surface area contributed by atoms with Gasteiger partial charge in [-0.15, -0.1) is 0 Å². The highest BCUT2D eigenvalue weighted by Crippen LogP contribution is 2.38. The second-order valence-corrected chi connectivity index (χ2v) is 6.69. The zero-order valence-corrected chi connectivity index (χ0v) is 12.8. The number of hydrogen-bond donors (Lipinski definition) is 1. The molecule has 0 aromatic heterocycles. The van der Waals surface area contributed by atoms with Crippen molar-refractivity contribution in [1.29, 1.82) is 0 Å². The van der Waals surface area contributed by atoms with E-state index in [-0.39, 0.29) is 0 Å². The minimum absolute atomic E-state index is 0.722. The van der Waals surface area contributed by atoms with Crippen molar-refractivity contribution < 1.29 is 0 Å². The normalized spacial score (nSPS) is 17.5. The summed E-state index contributed by atoms with van der Waals surface area (Å²) in [6.45, 7) is 9.17. The second-order valence-electron chi connectivity index (χ2n) is 6.69. The van der Waals surface area contributed by atoms with Gasteiger partial charge in [-0.1, -0.05) is 51.5 Å². The summed E-state index contributed by atoms with van der Waals surface area (Å²) < 4.78 is 0. The van der Waals surface area contributed by atoms with Gasteiger partial charge in [0, 0.05) is 0 Å². The Kier molecular flexibility index (Phi) is 5.45. The highest BCUT2D eigenvalue weighted by Gasteiger charge is 2.22. The highest BCUT2D eigenvalue weighted by atomic mass is 14.9. The molecule has 0 radical (unpaired) electrons. The van der Waals surface area contributed by atoms with E-state index < -0.39 is 0 Å². The highest BCUT2D eigenvalue weighted by molar-refractivity contribution is 5.32. The summed E-state index contributed by atoms with van der Waals surface area (Å²) in [5.74, 6) is 2.32. The Hall–Kier alpha value is -0.820. The van der Waals surface area contributed by atoms with Gasteiger partial charge in [-0.3, -0.25) is 0 Å². The van der Waals surface area contributed by atoms with Gasteiger partial charge in [0.1, 0.15) is 0 Å². The molecule has 1 aliphatic carbocycles. The zero-order chi connectivity index (χ0) is 13.7. The second kappa shape index (κ2) is 7.09. The van der Waals surface area contributed by atoms with Crippen LogP contribution in [0.25, 0.3) is 0 Å². The van der Waals surface area contributed by atoms with E-state index in [9.17, 15) is 0 Å². The van der Waals surface area contributed by atoms with Gasteiger partial charge in [0.25, 0.3) is 0 Å². The minimum atomic E-state index is 0.722. The molecule has 0 bridgehead atoms. The Morgan fingerprint density at radius 3 is 2.47 bits per heavy atom. The molecule has 1 N–H and O–H groups in total. The summed E-state index contributed by atoms with van der Waals surface area (Å²) in [5, 5.41) is 3.58. The smallest absolute Gasteiger partial charge is 0.00199 e. The number of benzene rings is 1. The van der Waals surface area contributed by atoms with Crippen molar-refractivity contribution in [2.24, 2.45) is 11.8 Å². The standard InChI is InChI=1S/C18H29N/c1-14(2)12-19-13-15(3)11-17-7-4-5-10-18(17)16-8-6-9-16/h4-5,7,10,14-16,19H,6,8-9,11-13H2,1-3H3. The molecule has 0 aliphatic heterocycles. The van der Waals surface area contributed by atoms with E-state index in [1.54, 1.807) is 11.1 Å². The molecule has 1 unspecified atom stereocenters. The fourth-order valence-electron chi connectivity index (χ4n) is 2.90. The molecule has 0 spiro atoms. The molecule has 1 aromatic rings. The molecular formula is C18H29N. The van der Waals surface area contributed by atoms with Gasteiger partial charge in [0.15, 0.2) is 0 Å². The maximum atomic E-state index is 3.58. The first-order valence-electron chi connectivity index (χ1n) is 7.95. The molecule has 1 saturated carbocycles. The summed E-state index contributed by atoms with van der Waals surface area (Å²) in [6.07, 6.45) is 5.44. The lowest BCUT2D eigenvalue weighted by Gasteiger charge is -2.28. The Balaban J connectivity index is 1.87. The van der Waals surface area contributed by atoms with Crippen molar-refractivity contribution in [3.05, 3.63) is 35.4 Å². The van der Waals surface area contributed by atoms with E-state index in [2.05, 4.69) is 50.4 Å². The quantitative estimate of drug-likeness (QED) is 0.766. The average Bonchev–Trinajstić information content (AvgIpc) is 2.29. The minimum Gasteiger partial charge on any atom is -0.316 e. The molecule has 106 valence electrons. The van der Waals surface area contributed by atoms with Gasteiger partial charge in [-0.05, 0) is 61.2 Å². The predicted octanol–water partition coefficient (Wildman–Crippen LogP) is 4.38. The summed E-state index contributed by atoms with van der Waals surface area (Å²) >= 11 is 0. The summed E-state index contributed by atoms with van der Waals surface area (Å²) in [4.78, 5) is 0. The molecule has 0 saturated heterocycles. The van der Waals surface area contributed by atoms with Crippen LogP contribution in [0.4, 0.5) is 0 Å². The van der Waals surface area contributed by atoms with Crippen LogP contribution in [-0.4, -0.2) is 13.1 Å². The van der Waals surface area contributed by atoms with E-state index in [0.29, 0.717) is 0 Å². The number of nitrogens with one attached hydrogen (secondary N) is 1. The molecule has 19 heavy (non-hydrogen) atoms. The summed E-state index contributed by atoms with van der Waals surface area (Å²) in [7, 11) is 0. The zero-order valence-electron chi connectivity index (χ0n) is 12.8. The van der Waals surface area contributed by atoms with E-state index in [1.165, 1.54) is 25.7 Å². The van der Waals surface area contributed by atoms with Crippen molar-refractivity contribution in [3.8, 4) is 0 Å². The van der Waals surface area contributed by atoms with Crippen molar-refractivity contribution in [3.63, 3.8) is 0 Å². The van der Waals surface area contributed by atoms with E-state index >= 15 is 0 Å². The predicted molar refractivity (Wildman–Crippen MR) is 83.6 cm³/mol. The molecule has 1 aromatic carbocycles. The van der Waals surface area contributed by atoms with Gasteiger partial charge in [-0.25, -0.2) is 0 Å². The van der Waals surface area contributed by atoms with Crippen LogP contribution in [0, 0.1) is 11.8 Å². The lowest BCUT2D eigenvalue weighted by molar-refractivity contribution is 0.413. The average molecular weight is 259 g/mol. The van der Waals surface area contributed by atoms with Crippen LogP contribution < -0.4 is 5.32 Å². The van der Waals surface area contributed by atoms with Crippen LogP contribution in [0.2, 0.25) is 0 Å². The van der Waals surface area contributed by atoms with Crippen molar-refractivity contribution in [2.45, 2.75) is 52.4 Å². The van der Waals surface area contributed by atoms with E-state index in [1.807, 2.05) is 0 Å². The molecule has 1 aliphatic rings. The van der Waals surface area contributed by atoms with Gasteiger partial charge >= 0.3 is 0 Å². The topological polar surface area (TPSA) is 12.0 Å². The summed E-state index contributed by atoms with van der Waals surface area (Å²) in [5.41, 5.74) is 3.22. The van der Waals surface area contributed by atoms with E-state index in [4.69, 9.17) is 0 Å². The maximum absolute atomic E-state index is 3.58. The Morgan fingerprint density at radius 1 is 1.11 bits per heavy atom. The van der Waals surface area contributed by atoms with Crippen LogP contribution >= 0.6 is 0 Å².